The zero-order chi connectivity index (χ0) is 17.9. The van der Waals surface area contributed by atoms with Crippen molar-refractivity contribution in [3.8, 4) is 5.88 Å². The molecule has 0 aliphatic rings. The molecule has 9 heteroatoms. The minimum atomic E-state index is -0.317. The quantitative estimate of drug-likeness (QED) is 0.793. The number of carbonyl (C=O) groups is 2. The third-order valence-electron chi connectivity index (χ3n) is 3.69. The Balaban J connectivity index is 1.96. The van der Waals surface area contributed by atoms with E-state index in [4.69, 9.17) is 4.74 Å². The highest BCUT2D eigenvalue weighted by atomic mass is 16.5. The zero-order valence-corrected chi connectivity index (χ0v) is 14.5. The molecule has 0 aliphatic carbocycles. The van der Waals surface area contributed by atoms with Gasteiger partial charge in [0.2, 0.25) is 5.88 Å². The largest absolute Gasteiger partial charge is 0.468 e. The second kappa shape index (κ2) is 7.16. The third kappa shape index (κ3) is 3.92. The standard InChI is InChI=1S/C15H22N6O3/c1-10-11(8-17-20(10)4)7-16-15(23)12-6-14(21(5)18-12)24-9-13(22)19(2)3/h6,8H,7,9H2,1-5H3,(H,16,23). The zero-order valence-electron chi connectivity index (χ0n) is 14.5. The van der Waals surface area contributed by atoms with E-state index in [0.717, 1.165) is 11.3 Å². The van der Waals surface area contributed by atoms with E-state index < -0.39 is 0 Å². The summed E-state index contributed by atoms with van der Waals surface area (Å²) in [6.07, 6.45) is 1.72. The molecule has 0 radical (unpaired) electrons. The highest BCUT2D eigenvalue weighted by Crippen LogP contribution is 2.12. The lowest BCUT2D eigenvalue weighted by Gasteiger charge is -2.10. The van der Waals surface area contributed by atoms with Gasteiger partial charge in [-0.25, -0.2) is 4.68 Å². The number of hydrogen-bond acceptors (Lipinski definition) is 5. The summed E-state index contributed by atoms with van der Waals surface area (Å²) in [5.41, 5.74) is 2.16. The number of carbonyl (C=O) groups excluding carboxylic acids is 2. The molecule has 0 saturated carbocycles. The maximum Gasteiger partial charge on any atom is 0.272 e. The summed E-state index contributed by atoms with van der Waals surface area (Å²) in [6, 6.07) is 1.51. The van der Waals surface area contributed by atoms with E-state index in [1.165, 1.54) is 15.6 Å². The van der Waals surface area contributed by atoms with Gasteiger partial charge >= 0.3 is 0 Å². The molecule has 0 fully saturated rings. The summed E-state index contributed by atoms with van der Waals surface area (Å²) in [5.74, 6) is -0.134. The van der Waals surface area contributed by atoms with Crippen LogP contribution >= 0.6 is 0 Å². The van der Waals surface area contributed by atoms with Crippen molar-refractivity contribution in [1.29, 1.82) is 0 Å². The van der Waals surface area contributed by atoms with E-state index in [1.54, 1.807) is 32.0 Å². The molecule has 1 N–H and O–H groups in total. The van der Waals surface area contributed by atoms with Gasteiger partial charge < -0.3 is 15.0 Å². The second-order valence-electron chi connectivity index (χ2n) is 5.63. The molecular formula is C15H22N6O3. The summed E-state index contributed by atoms with van der Waals surface area (Å²) in [4.78, 5) is 25.2. The Morgan fingerprint density at radius 2 is 2.00 bits per heavy atom. The van der Waals surface area contributed by atoms with Crippen LogP contribution in [0.5, 0.6) is 5.88 Å². The van der Waals surface area contributed by atoms with Crippen molar-refractivity contribution in [2.75, 3.05) is 20.7 Å². The summed E-state index contributed by atoms with van der Waals surface area (Å²) in [5, 5.41) is 11.0. The summed E-state index contributed by atoms with van der Waals surface area (Å²) < 4.78 is 8.56. The number of nitrogens with one attached hydrogen (secondary N) is 1. The molecule has 2 amide bonds. The van der Waals surface area contributed by atoms with Gasteiger partial charge in [0.15, 0.2) is 12.3 Å². The maximum atomic E-state index is 12.2. The van der Waals surface area contributed by atoms with Crippen LogP contribution in [0.25, 0.3) is 0 Å². The number of nitrogens with zero attached hydrogens (tertiary/aromatic N) is 5. The first kappa shape index (κ1) is 17.5. The van der Waals surface area contributed by atoms with Crippen molar-refractivity contribution in [1.82, 2.24) is 29.8 Å². The topological polar surface area (TPSA) is 94.3 Å². The van der Waals surface area contributed by atoms with Gasteiger partial charge in [0.05, 0.1) is 6.20 Å². The van der Waals surface area contributed by atoms with Gasteiger partial charge in [-0.1, -0.05) is 0 Å². The molecule has 0 aromatic carbocycles. The van der Waals surface area contributed by atoms with Gasteiger partial charge in [0.1, 0.15) is 0 Å². The third-order valence-corrected chi connectivity index (χ3v) is 3.69. The molecule has 130 valence electrons. The van der Waals surface area contributed by atoms with Gasteiger partial charge in [0, 0.05) is 52.1 Å². The molecule has 2 rings (SSSR count). The van der Waals surface area contributed by atoms with Crippen molar-refractivity contribution >= 4 is 11.8 Å². The van der Waals surface area contributed by atoms with Crippen molar-refractivity contribution in [3.63, 3.8) is 0 Å². The predicted octanol–water partition coefficient (Wildman–Crippen LogP) is -0.141. The summed E-state index contributed by atoms with van der Waals surface area (Å²) in [6.45, 7) is 2.19. The fourth-order valence-corrected chi connectivity index (χ4v) is 1.94. The molecule has 9 nitrogen and oxygen atoms in total. The average molecular weight is 334 g/mol. The molecule has 0 bridgehead atoms. The molecule has 0 aliphatic heterocycles. The first-order valence-electron chi connectivity index (χ1n) is 7.42. The number of hydrogen-bond donors (Lipinski definition) is 1. The lowest BCUT2D eigenvalue weighted by molar-refractivity contribution is -0.130. The van der Waals surface area contributed by atoms with E-state index in [9.17, 15) is 9.59 Å². The average Bonchev–Trinajstić information content (AvgIpc) is 3.06. The van der Waals surface area contributed by atoms with E-state index in [-0.39, 0.29) is 24.1 Å². The van der Waals surface area contributed by atoms with Crippen molar-refractivity contribution in [3.05, 3.63) is 29.2 Å². The Morgan fingerprint density at radius 3 is 2.58 bits per heavy atom. The van der Waals surface area contributed by atoms with E-state index in [2.05, 4.69) is 15.5 Å². The minimum absolute atomic E-state index is 0.109. The number of ether oxygens (including phenoxy) is 1. The highest BCUT2D eigenvalue weighted by molar-refractivity contribution is 5.92. The Bertz CT molecular complexity index is 746. The van der Waals surface area contributed by atoms with Gasteiger partial charge in [0.25, 0.3) is 11.8 Å². The molecule has 2 aromatic heterocycles. The van der Waals surface area contributed by atoms with Crippen LogP contribution < -0.4 is 10.1 Å². The van der Waals surface area contributed by atoms with Gasteiger partial charge in [-0.3, -0.25) is 14.3 Å². The Kier molecular flexibility index (Phi) is 5.22. The number of amides is 2. The van der Waals surface area contributed by atoms with Crippen LogP contribution in [0, 0.1) is 6.92 Å². The van der Waals surface area contributed by atoms with Crippen LogP contribution in [0.2, 0.25) is 0 Å². The molecule has 0 atom stereocenters. The second-order valence-corrected chi connectivity index (χ2v) is 5.63. The number of aryl methyl sites for hydroxylation is 2. The maximum absolute atomic E-state index is 12.2. The van der Waals surface area contributed by atoms with Crippen molar-refractivity contribution < 1.29 is 14.3 Å². The van der Waals surface area contributed by atoms with Crippen LogP contribution in [0.4, 0.5) is 0 Å². The molecule has 2 heterocycles. The highest BCUT2D eigenvalue weighted by Gasteiger charge is 2.15. The van der Waals surface area contributed by atoms with Crippen LogP contribution in [0.3, 0.4) is 0 Å². The van der Waals surface area contributed by atoms with Gasteiger partial charge in [-0.2, -0.15) is 10.2 Å². The predicted molar refractivity (Wildman–Crippen MR) is 86.5 cm³/mol. The SMILES string of the molecule is Cc1c(CNC(=O)c2cc(OCC(=O)N(C)C)n(C)n2)cnn1C. The van der Waals surface area contributed by atoms with E-state index >= 15 is 0 Å². The smallest absolute Gasteiger partial charge is 0.272 e. The molecular weight excluding hydrogens is 312 g/mol. The van der Waals surface area contributed by atoms with Gasteiger partial charge in [-0.05, 0) is 6.92 Å². The minimum Gasteiger partial charge on any atom is -0.468 e. The monoisotopic (exact) mass is 334 g/mol. The van der Waals surface area contributed by atoms with Crippen LogP contribution in [0.1, 0.15) is 21.7 Å². The van der Waals surface area contributed by atoms with Gasteiger partial charge in [-0.15, -0.1) is 0 Å². The van der Waals surface area contributed by atoms with Crippen LogP contribution in [-0.2, 0) is 25.4 Å². The van der Waals surface area contributed by atoms with Crippen LogP contribution in [0.15, 0.2) is 12.3 Å². The number of rotatable bonds is 6. The summed E-state index contributed by atoms with van der Waals surface area (Å²) >= 11 is 0. The number of likely N-dealkylation sites (N-methyl/N-ethyl adjacent to an activating group) is 1. The first-order valence-corrected chi connectivity index (χ1v) is 7.42. The van der Waals surface area contributed by atoms with Crippen LogP contribution in [-0.4, -0.2) is 57.0 Å². The number of aromatic nitrogens is 4. The molecule has 24 heavy (non-hydrogen) atoms. The Labute approximate surface area is 140 Å². The molecule has 2 aromatic rings. The molecule has 0 unspecified atom stereocenters. The Hall–Kier alpha value is -2.84. The normalized spacial score (nSPS) is 10.5. The lowest BCUT2D eigenvalue weighted by atomic mass is 10.2. The fourth-order valence-electron chi connectivity index (χ4n) is 1.94. The first-order chi connectivity index (χ1) is 11.3. The Morgan fingerprint density at radius 1 is 1.29 bits per heavy atom. The van der Waals surface area contributed by atoms with E-state index in [1.807, 2.05) is 14.0 Å². The van der Waals surface area contributed by atoms with E-state index in [0.29, 0.717) is 12.4 Å². The summed E-state index contributed by atoms with van der Waals surface area (Å²) in [7, 11) is 6.79. The fraction of sp³-hybridized carbons (Fsp3) is 0.467. The van der Waals surface area contributed by atoms with Crippen molar-refractivity contribution in [2.45, 2.75) is 13.5 Å². The molecule has 0 spiro atoms. The lowest BCUT2D eigenvalue weighted by Crippen LogP contribution is -2.27. The van der Waals surface area contributed by atoms with Crippen molar-refractivity contribution in [2.24, 2.45) is 14.1 Å². The molecule has 0 saturated heterocycles.